The molecule has 5 aromatic rings. The summed E-state index contributed by atoms with van der Waals surface area (Å²) in [5.41, 5.74) is 8.23. The van der Waals surface area contributed by atoms with Gasteiger partial charge in [-0.3, -0.25) is 24.4 Å². The maximum Gasteiger partial charge on any atom is 0.442 e. The van der Waals surface area contributed by atoms with Crippen molar-refractivity contribution in [3.63, 3.8) is 0 Å². The Bertz CT molecular complexity index is 3470. The van der Waals surface area contributed by atoms with Crippen LogP contribution in [0.1, 0.15) is 153 Å². The summed E-state index contributed by atoms with van der Waals surface area (Å²) >= 11 is 0. The maximum atomic E-state index is 14.5. The number of hydrogen-bond donors (Lipinski definition) is 5. The third-order valence-electron chi connectivity index (χ3n) is 16.4. The van der Waals surface area contributed by atoms with Crippen LogP contribution in [-0.2, 0) is 47.5 Å². The van der Waals surface area contributed by atoms with Crippen molar-refractivity contribution in [2.45, 2.75) is 121 Å². The summed E-state index contributed by atoms with van der Waals surface area (Å²) in [5, 5.41) is 34.1. The second kappa shape index (κ2) is 22.7. The number of aryl methyl sites for hydroxylation is 2. The Morgan fingerprint density at radius 3 is 2.16 bits per heavy atom. The number of nitrogens with one attached hydrogen (secondary N) is 3. The van der Waals surface area contributed by atoms with E-state index in [2.05, 4.69) is 42.5 Å². The van der Waals surface area contributed by atoms with Gasteiger partial charge in [0.1, 0.15) is 24.6 Å². The molecule has 0 saturated carbocycles. The second-order valence-electron chi connectivity index (χ2n) is 21.7. The molecule has 5 aromatic carbocycles. The number of unbranched alkanes of at least 4 members (excludes halogenated alkanes) is 3. The Morgan fingerprint density at radius 1 is 0.725 bits per heavy atom. The monoisotopic (exact) mass is 1090 g/mol. The quantitative estimate of drug-likeness (QED) is 0.0242. The molecule has 0 fully saturated rings. The number of halogens is 3. The number of fused-ring (bicyclic) bond motifs is 4. The number of alkyl halides is 3. The number of carboxylic acid groups (broad SMARTS) is 1. The highest BCUT2D eigenvalue weighted by Crippen LogP contribution is 2.52. The van der Waals surface area contributed by atoms with Crippen LogP contribution in [0.2, 0.25) is 0 Å². The number of aromatic carboxylic acids is 1. The number of carbonyl (C=O) groups is 5. The van der Waals surface area contributed by atoms with E-state index in [4.69, 9.17) is 9.94 Å². The molecular weight excluding hydrogens is 1030 g/mol. The van der Waals surface area contributed by atoms with Crippen molar-refractivity contribution in [2.75, 3.05) is 49.5 Å². The Hall–Kier alpha value is -7.93. The van der Waals surface area contributed by atoms with Gasteiger partial charge in [-0.15, -0.1) is 10.2 Å². The van der Waals surface area contributed by atoms with E-state index in [9.17, 15) is 42.3 Å². The molecule has 0 aliphatic carbocycles. The van der Waals surface area contributed by atoms with E-state index in [-0.39, 0.29) is 60.6 Å². The van der Waals surface area contributed by atoms with E-state index < -0.39 is 35.5 Å². The molecule has 416 valence electrons. The van der Waals surface area contributed by atoms with Crippen LogP contribution in [0.5, 0.6) is 11.5 Å². The fourth-order valence-corrected chi connectivity index (χ4v) is 12.4. The summed E-state index contributed by atoms with van der Waals surface area (Å²) in [6.45, 7) is 3.74. The third-order valence-corrected chi connectivity index (χ3v) is 16.4. The van der Waals surface area contributed by atoms with E-state index >= 15 is 0 Å². The predicted molar refractivity (Wildman–Crippen MR) is 292 cm³/mol. The number of nitrogens with zero attached hydrogens (tertiary/aromatic N) is 5. The minimum absolute atomic E-state index is 0.0298. The molecule has 6 aliphatic rings. The van der Waals surface area contributed by atoms with E-state index in [1.54, 1.807) is 35.8 Å². The van der Waals surface area contributed by atoms with Crippen molar-refractivity contribution in [1.82, 2.24) is 20.3 Å². The first-order valence-corrected chi connectivity index (χ1v) is 28.0. The lowest BCUT2D eigenvalue weighted by Crippen LogP contribution is -2.41. The molecule has 80 heavy (non-hydrogen) atoms. The molecule has 6 aliphatic heterocycles. The molecule has 6 heterocycles. The van der Waals surface area contributed by atoms with Crippen molar-refractivity contribution in [3.8, 4) is 11.5 Å². The molecule has 11 rings (SSSR count). The number of carbonyl (C=O) groups excluding carboxylic acids is 4. The number of rotatable bonds is 18. The predicted octanol–water partition coefficient (Wildman–Crippen LogP) is 8.64. The normalized spacial score (nSPS) is 16.4. The van der Waals surface area contributed by atoms with Gasteiger partial charge in [0, 0.05) is 114 Å². The lowest BCUT2D eigenvalue weighted by Gasteiger charge is -2.35. The molecule has 5 N–H and O–H groups in total. The summed E-state index contributed by atoms with van der Waals surface area (Å²) < 4.78 is 51.5. The number of hydroxylamine groups is 1. The number of amides is 4. The minimum Gasteiger partial charge on any atom is -0.478 e. The van der Waals surface area contributed by atoms with Gasteiger partial charge in [0.2, 0.25) is 17.2 Å². The van der Waals surface area contributed by atoms with E-state index in [1.165, 1.54) is 63.5 Å². The standard InChI is InChI=1S/C61H63F3N8O8/c62-61(63,64)60(68-69-60)42-22-17-37(18-23-42)36-72(58(76)38-19-24-43(25-20-38)66-50(73)15-3-1-2-4-16-51(74)67-79)32-27-65-57(75)41-21-26-44(59(77)78)47(35-41)52-48-33-39-11-5-7-28-70-30-9-13-45(53(39)70)55(48)80-56-46-14-10-31-71-29-8-6-12-40(54(46)71)34-49(52)56/h17-26,33-35H,1-16,27-32,36H2,(H4-,65,66,67,68,69,73,74,75,76,77,78,79)/p+1. The Labute approximate surface area is 460 Å². The average Bonchev–Trinajstić information content (AvgIpc) is 3.06. The molecule has 0 unspecified atom stereocenters. The van der Waals surface area contributed by atoms with Crippen LogP contribution in [0.4, 0.5) is 24.5 Å². The molecular formula is C61H64F3N8O8+. The van der Waals surface area contributed by atoms with Crippen molar-refractivity contribution in [3.05, 3.63) is 151 Å². The van der Waals surface area contributed by atoms with Crippen LogP contribution < -0.4 is 40.9 Å². The fourth-order valence-electron chi connectivity index (χ4n) is 12.4. The van der Waals surface area contributed by atoms with Crippen LogP contribution >= 0.6 is 0 Å². The first-order chi connectivity index (χ1) is 38.7. The van der Waals surface area contributed by atoms with Gasteiger partial charge in [-0.25, -0.2) is 14.9 Å². The summed E-state index contributed by atoms with van der Waals surface area (Å²) in [6, 6.07) is 20.9. The highest BCUT2D eigenvalue weighted by atomic mass is 19.4. The molecule has 0 saturated heterocycles. The smallest absolute Gasteiger partial charge is 0.442 e. The van der Waals surface area contributed by atoms with Gasteiger partial charge in [0.05, 0.1) is 11.1 Å². The molecule has 0 spiro atoms. The fraction of sp³-hybridized carbons (Fsp3) is 0.410. The first-order valence-electron chi connectivity index (χ1n) is 28.0. The van der Waals surface area contributed by atoms with Gasteiger partial charge in [0.15, 0.2) is 0 Å². The molecule has 0 atom stereocenters. The Kier molecular flexibility index (Phi) is 15.3. The van der Waals surface area contributed by atoms with E-state index in [0.29, 0.717) is 42.5 Å². The molecule has 0 bridgehead atoms. The van der Waals surface area contributed by atoms with Crippen molar-refractivity contribution < 1.29 is 52.2 Å². The van der Waals surface area contributed by atoms with Crippen LogP contribution in [0, 0.1) is 0 Å². The molecule has 16 nitrogen and oxygen atoms in total. The summed E-state index contributed by atoms with van der Waals surface area (Å²) in [4.78, 5) is 70.3. The number of anilines is 2. The largest absolute Gasteiger partial charge is 0.478 e. The van der Waals surface area contributed by atoms with E-state index in [1.807, 2.05) is 0 Å². The highest BCUT2D eigenvalue weighted by molar-refractivity contribution is 6.03. The van der Waals surface area contributed by atoms with Crippen molar-refractivity contribution in [2.24, 2.45) is 10.2 Å². The lowest BCUT2D eigenvalue weighted by atomic mass is 9.82. The first kappa shape index (κ1) is 54.0. The third kappa shape index (κ3) is 10.8. The van der Waals surface area contributed by atoms with Crippen molar-refractivity contribution in [1.29, 1.82) is 0 Å². The molecule has 0 aromatic heterocycles. The zero-order valence-electron chi connectivity index (χ0n) is 44.5. The van der Waals surface area contributed by atoms with Gasteiger partial charge in [-0.2, -0.15) is 13.2 Å². The van der Waals surface area contributed by atoms with Gasteiger partial charge in [-0.05, 0) is 135 Å². The Morgan fingerprint density at radius 2 is 1.43 bits per heavy atom. The van der Waals surface area contributed by atoms with Crippen LogP contribution in [-0.4, -0.2) is 90.3 Å². The van der Waals surface area contributed by atoms with Gasteiger partial charge < -0.3 is 30.3 Å². The van der Waals surface area contributed by atoms with Crippen molar-refractivity contribution >= 4 is 46.5 Å². The highest BCUT2D eigenvalue weighted by Gasteiger charge is 2.65. The van der Waals surface area contributed by atoms with Crippen LogP contribution in [0.3, 0.4) is 0 Å². The average molecular weight is 1090 g/mol. The number of hydrogen-bond acceptors (Lipinski definition) is 10. The molecule has 4 amide bonds. The summed E-state index contributed by atoms with van der Waals surface area (Å²) in [5.74, 6) is -1.26. The maximum absolute atomic E-state index is 14.5. The zero-order chi connectivity index (χ0) is 55.7. The van der Waals surface area contributed by atoms with E-state index in [0.717, 1.165) is 129 Å². The number of carboxylic acids is 1. The lowest BCUT2D eigenvalue weighted by molar-refractivity contribution is -0.166. The zero-order valence-corrected chi connectivity index (χ0v) is 44.5. The number of ether oxygens (including phenoxy) is 1. The molecule has 0 radical (unpaired) electrons. The topological polar surface area (TPSA) is 205 Å². The number of benzene rings is 5. The van der Waals surface area contributed by atoms with Crippen LogP contribution in [0.25, 0.3) is 5.57 Å². The summed E-state index contributed by atoms with van der Waals surface area (Å²) in [7, 11) is 0. The molecule has 19 heteroatoms. The second-order valence-corrected chi connectivity index (χ2v) is 21.7. The van der Waals surface area contributed by atoms with Gasteiger partial charge in [0.25, 0.3) is 11.8 Å². The van der Waals surface area contributed by atoms with Gasteiger partial charge >= 0.3 is 17.8 Å². The van der Waals surface area contributed by atoms with Crippen LogP contribution in [0.15, 0.2) is 89.1 Å². The minimum atomic E-state index is -4.72. The SMILES string of the molecule is O=C(CCCCCCC(=O)Nc1ccc(C(=O)N(CCNC(=O)c2ccc(C(=O)O)c(C3=c4cc5c6c(c4Oc4c3cc3c7c4CCCN7CCCC3)CCC[N+]=6CCCC5)c2)Cc2ccc(C3(C(F)(F)F)N=N3)cc2)cc1)NO. The Balaban J connectivity index is 0.883. The van der Waals surface area contributed by atoms with Gasteiger partial charge in [-0.1, -0.05) is 37.1 Å². The summed E-state index contributed by atoms with van der Waals surface area (Å²) in [6.07, 6.45) is 7.83.